The van der Waals surface area contributed by atoms with E-state index in [4.69, 9.17) is 25.2 Å². The summed E-state index contributed by atoms with van der Waals surface area (Å²) in [4.78, 5) is 13.2. The molecule has 0 aliphatic carbocycles. The van der Waals surface area contributed by atoms with Crippen LogP contribution in [0.1, 0.15) is 36.8 Å². The molecule has 2 fully saturated rings. The lowest BCUT2D eigenvalue weighted by Gasteiger charge is -2.26. The maximum atomic E-state index is 10.0. The van der Waals surface area contributed by atoms with E-state index < -0.39 is 0 Å². The third kappa shape index (κ3) is 6.78. The van der Waals surface area contributed by atoms with Crippen molar-refractivity contribution in [3.05, 3.63) is 84.3 Å². The second kappa shape index (κ2) is 13.5. The summed E-state index contributed by atoms with van der Waals surface area (Å²) in [5.74, 6) is 0.609. The minimum absolute atomic E-state index is 0.0558. The van der Waals surface area contributed by atoms with Crippen LogP contribution in [0.5, 0.6) is 5.75 Å². The average molecular weight is 593 g/mol. The van der Waals surface area contributed by atoms with E-state index in [2.05, 4.69) is 46.4 Å². The molecule has 0 bridgehead atoms. The summed E-state index contributed by atoms with van der Waals surface area (Å²) in [5.41, 5.74) is 11.1. The van der Waals surface area contributed by atoms with Crippen molar-refractivity contribution in [3.63, 3.8) is 0 Å². The Morgan fingerprint density at radius 2 is 1.91 bits per heavy atom. The topological polar surface area (TPSA) is 102 Å². The first kappa shape index (κ1) is 29.0. The maximum Gasteiger partial charge on any atom is 0.150 e. The van der Waals surface area contributed by atoms with Crippen LogP contribution in [0.15, 0.2) is 83.1 Å². The zero-order valence-electron chi connectivity index (χ0n) is 24.4. The van der Waals surface area contributed by atoms with Gasteiger partial charge in [-0.15, -0.1) is 0 Å². The predicted octanol–water partition coefficient (Wildman–Crippen LogP) is 6.15. The number of pyridine rings is 1. The summed E-state index contributed by atoms with van der Waals surface area (Å²) in [6.07, 6.45) is 11.2. The Bertz CT molecular complexity index is 1660. The van der Waals surface area contributed by atoms with Gasteiger partial charge in [0.15, 0.2) is 5.65 Å². The van der Waals surface area contributed by atoms with Gasteiger partial charge in [-0.05, 0) is 80.8 Å². The molecule has 0 unspecified atom stereocenters. The van der Waals surface area contributed by atoms with Crippen molar-refractivity contribution in [2.75, 3.05) is 33.4 Å². The van der Waals surface area contributed by atoms with Gasteiger partial charge >= 0.3 is 0 Å². The van der Waals surface area contributed by atoms with Crippen molar-refractivity contribution in [2.45, 2.75) is 42.7 Å². The van der Waals surface area contributed by atoms with Gasteiger partial charge in [0.05, 0.1) is 24.8 Å². The summed E-state index contributed by atoms with van der Waals surface area (Å²) in [7, 11) is 2.15. The monoisotopic (exact) mass is 592 g/mol. The third-order valence-electron chi connectivity index (χ3n) is 8.06. The Hall–Kier alpha value is -4.10. The minimum atomic E-state index is 0.0558. The minimum Gasteiger partial charge on any atom is -0.489 e. The Morgan fingerprint density at radius 1 is 1.12 bits per heavy atom. The van der Waals surface area contributed by atoms with Crippen molar-refractivity contribution in [2.24, 2.45) is 10.7 Å². The standard InChI is InChI=1S/C34H36N6O2S/c1-39-13-9-28(10-14-39)37-22-27(20-36)26-18-31-32(23-40(34(31)38-21-26)43-30-5-3-2-4-6-30)24-7-8-33(25(17-24)19-35)42-29-11-15-41-16-12-29/h2-8,17-18,20-23,28-29H,9-16,36H2,1H3/b27-20+,37-22?. The molecule has 0 spiro atoms. The first-order chi connectivity index (χ1) is 21.1. The first-order valence-corrected chi connectivity index (χ1v) is 15.6. The van der Waals surface area contributed by atoms with Crippen LogP contribution in [0.4, 0.5) is 0 Å². The van der Waals surface area contributed by atoms with E-state index in [-0.39, 0.29) is 6.10 Å². The van der Waals surface area contributed by atoms with Gasteiger partial charge in [0.1, 0.15) is 17.9 Å². The molecule has 2 N–H and O–H groups in total. The van der Waals surface area contributed by atoms with E-state index in [1.54, 1.807) is 18.1 Å². The number of aromatic nitrogens is 2. The van der Waals surface area contributed by atoms with Crippen molar-refractivity contribution in [1.82, 2.24) is 13.9 Å². The average Bonchev–Trinajstić information content (AvgIpc) is 3.40. The summed E-state index contributed by atoms with van der Waals surface area (Å²) in [6, 6.07) is 20.8. The summed E-state index contributed by atoms with van der Waals surface area (Å²) >= 11 is 1.60. The van der Waals surface area contributed by atoms with E-state index in [0.29, 0.717) is 30.6 Å². The van der Waals surface area contributed by atoms with Crippen molar-refractivity contribution in [3.8, 4) is 22.9 Å². The van der Waals surface area contributed by atoms with E-state index in [1.165, 1.54) is 0 Å². The molecule has 0 amide bonds. The zero-order valence-corrected chi connectivity index (χ0v) is 25.2. The number of benzene rings is 2. The smallest absolute Gasteiger partial charge is 0.150 e. The third-order valence-corrected chi connectivity index (χ3v) is 9.02. The molecule has 43 heavy (non-hydrogen) atoms. The van der Waals surface area contributed by atoms with E-state index >= 15 is 0 Å². The molecule has 2 aromatic heterocycles. The van der Waals surface area contributed by atoms with Crippen molar-refractivity contribution in [1.29, 1.82) is 5.26 Å². The molecule has 0 saturated carbocycles. The number of fused-ring (bicyclic) bond motifs is 1. The predicted molar refractivity (Wildman–Crippen MR) is 173 cm³/mol. The number of nitrogens with two attached hydrogens (primary N) is 1. The number of hydrogen-bond acceptors (Lipinski definition) is 8. The second-order valence-corrected chi connectivity index (χ2v) is 12.1. The van der Waals surface area contributed by atoms with Gasteiger partial charge in [0, 0.05) is 64.6 Å². The van der Waals surface area contributed by atoms with Gasteiger partial charge < -0.3 is 20.1 Å². The number of nitrogens with zero attached hydrogens (tertiary/aromatic N) is 5. The molecule has 8 nitrogen and oxygen atoms in total. The largest absolute Gasteiger partial charge is 0.489 e. The number of ether oxygens (including phenoxy) is 2. The lowest BCUT2D eigenvalue weighted by atomic mass is 10.0. The van der Waals surface area contributed by atoms with Gasteiger partial charge in [-0.25, -0.2) is 4.98 Å². The molecule has 2 saturated heterocycles. The molecule has 220 valence electrons. The van der Waals surface area contributed by atoms with Crippen molar-refractivity contribution < 1.29 is 9.47 Å². The first-order valence-electron chi connectivity index (χ1n) is 14.8. The molecule has 2 aromatic carbocycles. The Kier molecular flexibility index (Phi) is 9.08. The van der Waals surface area contributed by atoms with Crippen LogP contribution in [0.3, 0.4) is 0 Å². The molecule has 0 radical (unpaired) electrons. The Balaban J connectivity index is 1.37. The molecule has 9 heteroatoms. The highest BCUT2D eigenvalue weighted by molar-refractivity contribution is 7.98. The van der Waals surface area contributed by atoms with E-state index in [9.17, 15) is 5.26 Å². The van der Waals surface area contributed by atoms with Gasteiger partial charge in [0.2, 0.25) is 0 Å². The molecular weight excluding hydrogens is 556 g/mol. The zero-order chi connectivity index (χ0) is 29.6. The lowest BCUT2D eigenvalue weighted by Crippen LogP contribution is -2.32. The molecule has 0 atom stereocenters. The van der Waals surface area contributed by atoms with Crippen LogP contribution in [0, 0.1) is 11.3 Å². The van der Waals surface area contributed by atoms with Crippen LogP contribution in [-0.4, -0.2) is 65.6 Å². The highest BCUT2D eigenvalue weighted by atomic mass is 32.2. The number of rotatable bonds is 8. The quantitative estimate of drug-likeness (QED) is 0.245. The Morgan fingerprint density at radius 3 is 2.65 bits per heavy atom. The molecule has 4 heterocycles. The fraction of sp³-hybridized carbons (Fsp3) is 0.324. The summed E-state index contributed by atoms with van der Waals surface area (Å²) in [5, 5.41) is 11.0. The summed E-state index contributed by atoms with van der Waals surface area (Å²) in [6.45, 7) is 3.47. The van der Waals surface area contributed by atoms with Crippen LogP contribution in [0.2, 0.25) is 0 Å². The van der Waals surface area contributed by atoms with Crippen molar-refractivity contribution >= 4 is 34.8 Å². The summed E-state index contributed by atoms with van der Waals surface area (Å²) < 4.78 is 13.8. The fourth-order valence-electron chi connectivity index (χ4n) is 5.54. The number of allylic oxidation sites excluding steroid dienone is 1. The highest BCUT2D eigenvalue weighted by Gasteiger charge is 2.20. The number of hydrogen-bond donors (Lipinski definition) is 1. The normalized spacial score (nSPS) is 17.4. The van der Waals surface area contributed by atoms with E-state index in [0.717, 1.165) is 77.0 Å². The molecule has 2 aliphatic rings. The Labute approximate surface area is 257 Å². The maximum absolute atomic E-state index is 10.0. The SMILES string of the molecule is CN1CCC(N=C/C(=C\N)c2cnc3c(c2)c(-c2ccc(OC4CCOCC4)c(C#N)c2)cn3Sc2ccccc2)CC1. The van der Waals surface area contributed by atoms with Gasteiger partial charge in [-0.1, -0.05) is 24.3 Å². The lowest BCUT2D eigenvalue weighted by molar-refractivity contribution is 0.0254. The highest BCUT2D eigenvalue weighted by Crippen LogP contribution is 2.37. The molecule has 2 aliphatic heterocycles. The molecule has 4 aromatic rings. The van der Waals surface area contributed by atoms with E-state index in [1.807, 2.05) is 48.8 Å². The van der Waals surface area contributed by atoms with Gasteiger partial charge in [-0.3, -0.25) is 8.96 Å². The number of piperidine rings is 1. The van der Waals surface area contributed by atoms with Crippen LogP contribution >= 0.6 is 11.9 Å². The van der Waals surface area contributed by atoms with Crippen LogP contribution in [-0.2, 0) is 4.74 Å². The fourth-order valence-corrected chi connectivity index (χ4v) is 6.43. The van der Waals surface area contributed by atoms with Gasteiger partial charge in [-0.2, -0.15) is 5.26 Å². The number of likely N-dealkylation sites (tertiary alicyclic amines) is 1. The van der Waals surface area contributed by atoms with Crippen LogP contribution < -0.4 is 10.5 Å². The molecule has 6 rings (SSSR count). The van der Waals surface area contributed by atoms with Crippen LogP contribution in [0.25, 0.3) is 27.7 Å². The van der Waals surface area contributed by atoms with Gasteiger partial charge in [0.25, 0.3) is 0 Å². The number of nitriles is 1. The molecular formula is C34H36N6O2S. The second-order valence-electron chi connectivity index (χ2n) is 11.1. The number of aliphatic imine (C=N–C) groups is 1.